The quantitative estimate of drug-likeness (QED) is 0.533. The number of benzene rings is 1. The van der Waals surface area contributed by atoms with Gasteiger partial charge in [-0.2, -0.15) is 0 Å². The van der Waals surface area contributed by atoms with Gasteiger partial charge in [0, 0.05) is 18.0 Å². The number of hydrogen-bond donors (Lipinski definition) is 0. The normalized spacial score (nSPS) is 22.3. The van der Waals surface area contributed by atoms with Crippen molar-refractivity contribution in [1.82, 2.24) is 4.98 Å². The third-order valence-corrected chi connectivity index (χ3v) is 4.21. The molecule has 1 aliphatic carbocycles. The highest BCUT2D eigenvalue weighted by molar-refractivity contribution is 14.1. The third-order valence-electron chi connectivity index (χ3n) is 3.05. The summed E-state index contributed by atoms with van der Waals surface area (Å²) in [5.74, 6) is 0. The zero-order valence-corrected chi connectivity index (χ0v) is 10.5. The van der Waals surface area contributed by atoms with E-state index in [1.54, 1.807) is 0 Å². The van der Waals surface area contributed by atoms with Gasteiger partial charge in [-0.05, 0) is 29.7 Å². The molecule has 1 aliphatic rings. The number of fused-ring (bicyclic) bond motifs is 3. The fourth-order valence-corrected chi connectivity index (χ4v) is 3.23. The minimum atomic E-state index is 0.0899. The lowest BCUT2D eigenvalue weighted by Gasteiger charge is -2.18. The second-order valence-electron chi connectivity index (χ2n) is 3.97. The fourth-order valence-electron chi connectivity index (χ4n) is 2.29. The minimum Gasteiger partial charge on any atom is -0.264 e. The average Bonchev–Trinajstić information content (AvgIpc) is 2.51. The Labute approximate surface area is 103 Å². The van der Waals surface area contributed by atoms with E-state index in [2.05, 4.69) is 64.8 Å². The second-order valence-corrected chi connectivity index (χ2v) is 6.13. The molecule has 0 aliphatic heterocycles. The third kappa shape index (κ3) is 1.17. The molecule has 0 radical (unpaired) electrons. The van der Waals surface area contributed by atoms with Crippen molar-refractivity contribution in [1.29, 1.82) is 0 Å². The molecule has 1 aromatic heterocycles. The first-order valence-corrected chi connectivity index (χ1v) is 6.02. The van der Waals surface area contributed by atoms with Crippen LogP contribution >= 0.6 is 22.6 Å². The van der Waals surface area contributed by atoms with Crippen molar-refractivity contribution in [3.63, 3.8) is 0 Å². The van der Waals surface area contributed by atoms with Crippen LogP contribution in [0.15, 0.2) is 42.7 Å². The van der Waals surface area contributed by atoms with Crippen LogP contribution in [0, 0.1) is 0 Å². The number of hydrogen-bond acceptors (Lipinski definition) is 1. The van der Waals surface area contributed by atoms with Crippen LogP contribution in [0.3, 0.4) is 0 Å². The molecule has 0 spiro atoms. The Kier molecular flexibility index (Phi) is 1.89. The lowest BCUT2D eigenvalue weighted by Crippen LogP contribution is -2.09. The maximum Gasteiger partial charge on any atom is 0.0703 e. The SMILES string of the molecule is CC1(I)c2ccccc2-c2cnccc21. The van der Waals surface area contributed by atoms with E-state index in [9.17, 15) is 0 Å². The van der Waals surface area contributed by atoms with E-state index >= 15 is 0 Å². The average molecular weight is 307 g/mol. The Morgan fingerprint density at radius 2 is 1.80 bits per heavy atom. The smallest absolute Gasteiger partial charge is 0.0703 e. The molecule has 0 fully saturated rings. The summed E-state index contributed by atoms with van der Waals surface area (Å²) in [5, 5.41) is 0. The summed E-state index contributed by atoms with van der Waals surface area (Å²) in [6.07, 6.45) is 3.85. The van der Waals surface area contributed by atoms with Crippen molar-refractivity contribution in [3.8, 4) is 11.1 Å². The Morgan fingerprint density at radius 3 is 2.67 bits per heavy atom. The van der Waals surface area contributed by atoms with Gasteiger partial charge >= 0.3 is 0 Å². The summed E-state index contributed by atoms with van der Waals surface area (Å²) in [7, 11) is 0. The standard InChI is InChI=1S/C13H10IN/c1-13(14)11-5-3-2-4-9(11)10-8-15-7-6-12(10)13/h2-8H,1H3. The van der Waals surface area contributed by atoms with Crippen LogP contribution in [-0.2, 0) is 3.42 Å². The van der Waals surface area contributed by atoms with Crippen molar-refractivity contribution in [2.24, 2.45) is 0 Å². The lowest BCUT2D eigenvalue weighted by molar-refractivity contribution is 0.913. The Balaban J connectivity index is 2.42. The molecule has 2 heteroatoms. The van der Waals surface area contributed by atoms with Gasteiger partial charge in [-0.25, -0.2) is 0 Å². The van der Waals surface area contributed by atoms with E-state index < -0.39 is 0 Å². The number of halogens is 1. The van der Waals surface area contributed by atoms with Crippen LogP contribution in [-0.4, -0.2) is 4.98 Å². The zero-order valence-electron chi connectivity index (χ0n) is 8.37. The Morgan fingerprint density at radius 1 is 1.07 bits per heavy atom. The molecule has 1 unspecified atom stereocenters. The van der Waals surface area contributed by atoms with Crippen molar-refractivity contribution in [2.75, 3.05) is 0 Å². The molecule has 1 nitrogen and oxygen atoms in total. The minimum absolute atomic E-state index is 0.0899. The van der Waals surface area contributed by atoms with Crippen molar-refractivity contribution < 1.29 is 0 Å². The number of pyridine rings is 1. The predicted octanol–water partition coefficient (Wildman–Crippen LogP) is 3.76. The maximum absolute atomic E-state index is 4.22. The molecule has 0 N–H and O–H groups in total. The topological polar surface area (TPSA) is 12.9 Å². The van der Waals surface area contributed by atoms with Gasteiger partial charge in [0.2, 0.25) is 0 Å². The van der Waals surface area contributed by atoms with Gasteiger partial charge in [0.25, 0.3) is 0 Å². The van der Waals surface area contributed by atoms with Crippen LogP contribution in [0.2, 0.25) is 0 Å². The molecule has 1 heterocycles. The molecule has 2 aromatic rings. The molecular formula is C13H10IN. The number of aromatic nitrogens is 1. The van der Waals surface area contributed by atoms with Gasteiger partial charge in [-0.1, -0.05) is 46.9 Å². The fraction of sp³-hybridized carbons (Fsp3) is 0.154. The molecule has 0 saturated carbocycles. The van der Waals surface area contributed by atoms with Gasteiger partial charge in [0.05, 0.1) is 3.42 Å². The molecule has 74 valence electrons. The van der Waals surface area contributed by atoms with Crippen LogP contribution in [0.25, 0.3) is 11.1 Å². The first kappa shape index (κ1) is 9.33. The molecule has 0 bridgehead atoms. The molecule has 3 rings (SSSR count). The largest absolute Gasteiger partial charge is 0.264 e. The van der Waals surface area contributed by atoms with Gasteiger partial charge in [0.1, 0.15) is 0 Å². The summed E-state index contributed by atoms with van der Waals surface area (Å²) >= 11 is 2.52. The van der Waals surface area contributed by atoms with Crippen LogP contribution in [0.5, 0.6) is 0 Å². The first-order valence-electron chi connectivity index (χ1n) is 4.94. The molecule has 0 saturated heterocycles. The van der Waals surface area contributed by atoms with E-state index in [1.807, 2.05) is 12.4 Å². The van der Waals surface area contributed by atoms with Crippen molar-refractivity contribution in [2.45, 2.75) is 10.3 Å². The van der Waals surface area contributed by atoms with Crippen molar-refractivity contribution in [3.05, 3.63) is 53.9 Å². The predicted molar refractivity (Wildman–Crippen MR) is 70.1 cm³/mol. The van der Waals surface area contributed by atoms with E-state index in [1.165, 1.54) is 22.3 Å². The molecule has 1 atom stereocenters. The molecule has 15 heavy (non-hydrogen) atoms. The van der Waals surface area contributed by atoms with E-state index in [0.717, 1.165) is 0 Å². The van der Waals surface area contributed by atoms with Gasteiger partial charge < -0.3 is 0 Å². The van der Waals surface area contributed by atoms with E-state index in [-0.39, 0.29) is 3.42 Å². The molecule has 0 amide bonds. The monoisotopic (exact) mass is 307 g/mol. The lowest BCUT2D eigenvalue weighted by atomic mass is 10.00. The van der Waals surface area contributed by atoms with Crippen LogP contribution in [0.4, 0.5) is 0 Å². The summed E-state index contributed by atoms with van der Waals surface area (Å²) in [5.41, 5.74) is 5.38. The maximum atomic E-state index is 4.22. The molecule has 1 aromatic carbocycles. The second kappa shape index (κ2) is 3.04. The highest BCUT2D eigenvalue weighted by Crippen LogP contribution is 2.51. The van der Waals surface area contributed by atoms with E-state index in [4.69, 9.17) is 0 Å². The highest BCUT2D eigenvalue weighted by Gasteiger charge is 2.36. The Hall–Kier alpha value is -0.900. The molecular weight excluding hydrogens is 297 g/mol. The number of rotatable bonds is 0. The number of alkyl halides is 1. The first-order chi connectivity index (χ1) is 7.21. The van der Waals surface area contributed by atoms with Gasteiger partial charge in [-0.15, -0.1) is 0 Å². The summed E-state index contributed by atoms with van der Waals surface area (Å²) in [6, 6.07) is 10.7. The van der Waals surface area contributed by atoms with Crippen LogP contribution < -0.4 is 0 Å². The highest BCUT2D eigenvalue weighted by atomic mass is 127. The van der Waals surface area contributed by atoms with Crippen LogP contribution in [0.1, 0.15) is 18.1 Å². The number of nitrogens with zero attached hydrogens (tertiary/aromatic N) is 1. The van der Waals surface area contributed by atoms with Crippen molar-refractivity contribution >= 4 is 22.6 Å². The Bertz CT molecular complexity index is 484. The zero-order chi connectivity index (χ0) is 10.5. The van der Waals surface area contributed by atoms with Gasteiger partial charge in [0.15, 0.2) is 0 Å². The summed E-state index contributed by atoms with van der Waals surface area (Å²) in [4.78, 5) is 4.22. The summed E-state index contributed by atoms with van der Waals surface area (Å²) < 4.78 is 0.0899. The summed E-state index contributed by atoms with van der Waals surface area (Å²) in [6.45, 7) is 2.26. The van der Waals surface area contributed by atoms with Gasteiger partial charge in [-0.3, -0.25) is 4.98 Å². The van der Waals surface area contributed by atoms with E-state index in [0.29, 0.717) is 0 Å².